The van der Waals surface area contributed by atoms with Gasteiger partial charge in [0, 0.05) is 6.54 Å². The lowest BCUT2D eigenvalue weighted by molar-refractivity contribution is -0.121. The van der Waals surface area contributed by atoms with Gasteiger partial charge in [-0.05, 0) is 19.4 Å². The molecule has 1 rings (SSSR count). The fourth-order valence-electron chi connectivity index (χ4n) is 1.36. The first-order chi connectivity index (χ1) is 5.25. The van der Waals surface area contributed by atoms with E-state index in [1.54, 1.807) is 0 Å². The summed E-state index contributed by atoms with van der Waals surface area (Å²) in [6, 6.07) is -0.262. The Morgan fingerprint density at radius 3 is 3.09 bits per heavy atom. The van der Waals surface area contributed by atoms with Gasteiger partial charge in [-0.2, -0.15) is 0 Å². The lowest BCUT2D eigenvalue weighted by Gasteiger charge is -2.19. The van der Waals surface area contributed by atoms with Gasteiger partial charge in [0.05, 0.1) is 12.6 Å². The fourth-order valence-corrected chi connectivity index (χ4v) is 1.36. The van der Waals surface area contributed by atoms with Crippen molar-refractivity contribution in [2.75, 3.05) is 19.7 Å². The van der Waals surface area contributed by atoms with Gasteiger partial charge in [-0.3, -0.25) is 9.69 Å². The number of β-amino-alcohol motifs (C(OH)–C–C–N with tert-alkyl or cyclic N) is 1. The Morgan fingerprint density at radius 1 is 1.82 bits per heavy atom. The van der Waals surface area contributed by atoms with E-state index in [0.717, 1.165) is 13.0 Å². The molecule has 0 unspecified atom stereocenters. The van der Waals surface area contributed by atoms with Gasteiger partial charge < -0.3 is 10.8 Å². The van der Waals surface area contributed by atoms with Crippen LogP contribution in [0.25, 0.3) is 0 Å². The molecule has 1 aliphatic heterocycles. The van der Waals surface area contributed by atoms with Gasteiger partial charge >= 0.3 is 0 Å². The molecule has 1 saturated heterocycles. The molecule has 0 aromatic rings. The monoisotopic (exact) mass is 157 g/mol. The summed E-state index contributed by atoms with van der Waals surface area (Å²) in [5, 5.41) is 8.62. The second-order valence-corrected chi connectivity index (χ2v) is 2.63. The normalized spacial score (nSPS) is 25.7. The number of hydrogen-bond acceptors (Lipinski definition) is 3. The standard InChI is InChI=1S/C7H13N2O2/c8-7(11)6-2-1-3-9(6)4-5-10/h2,6,10H,1,3-5H2,(H2,8,11)/t6-/m1/s1. The van der Waals surface area contributed by atoms with Crippen LogP contribution >= 0.6 is 0 Å². The predicted octanol–water partition coefficient (Wildman–Crippen LogP) is -1.26. The number of primary amides is 1. The molecule has 11 heavy (non-hydrogen) atoms. The Hall–Kier alpha value is -0.610. The van der Waals surface area contributed by atoms with Crippen molar-refractivity contribution in [3.63, 3.8) is 0 Å². The Balaban J connectivity index is 2.44. The molecular weight excluding hydrogens is 144 g/mol. The van der Waals surface area contributed by atoms with E-state index < -0.39 is 0 Å². The summed E-state index contributed by atoms with van der Waals surface area (Å²) in [5.74, 6) is -0.323. The maximum atomic E-state index is 10.8. The molecule has 1 aliphatic rings. The molecule has 1 amide bonds. The molecule has 1 fully saturated rings. The molecule has 1 heterocycles. The van der Waals surface area contributed by atoms with Crippen LogP contribution in [0.1, 0.15) is 6.42 Å². The van der Waals surface area contributed by atoms with Gasteiger partial charge in [-0.25, -0.2) is 0 Å². The third kappa shape index (κ3) is 1.91. The SMILES string of the molecule is NC(=O)[C@H]1[CH]CCN1CCO. The molecule has 63 valence electrons. The maximum Gasteiger partial charge on any atom is 0.235 e. The molecule has 1 atom stereocenters. The van der Waals surface area contributed by atoms with Gasteiger partial charge in [0.25, 0.3) is 0 Å². The number of rotatable bonds is 3. The molecule has 0 spiro atoms. The number of hydrogen-bond donors (Lipinski definition) is 2. The van der Waals surface area contributed by atoms with E-state index in [9.17, 15) is 4.79 Å². The fraction of sp³-hybridized carbons (Fsp3) is 0.714. The van der Waals surface area contributed by atoms with Gasteiger partial charge in [0.15, 0.2) is 0 Å². The minimum Gasteiger partial charge on any atom is -0.395 e. The zero-order valence-electron chi connectivity index (χ0n) is 6.36. The quantitative estimate of drug-likeness (QED) is 0.537. The van der Waals surface area contributed by atoms with Gasteiger partial charge in [-0.1, -0.05) is 0 Å². The zero-order valence-corrected chi connectivity index (χ0v) is 6.36. The van der Waals surface area contributed by atoms with E-state index in [-0.39, 0.29) is 18.6 Å². The number of nitrogens with two attached hydrogens (primary N) is 1. The van der Waals surface area contributed by atoms with E-state index in [1.165, 1.54) is 0 Å². The highest BCUT2D eigenvalue weighted by molar-refractivity contribution is 5.81. The predicted molar refractivity (Wildman–Crippen MR) is 40.6 cm³/mol. The minimum absolute atomic E-state index is 0.0810. The van der Waals surface area contributed by atoms with Gasteiger partial charge in [-0.15, -0.1) is 0 Å². The van der Waals surface area contributed by atoms with E-state index in [2.05, 4.69) is 0 Å². The van der Waals surface area contributed by atoms with Crippen molar-refractivity contribution in [2.24, 2.45) is 5.73 Å². The van der Waals surface area contributed by atoms with Crippen LogP contribution in [-0.2, 0) is 4.79 Å². The van der Waals surface area contributed by atoms with Crippen LogP contribution < -0.4 is 5.73 Å². The van der Waals surface area contributed by atoms with E-state index in [1.807, 2.05) is 11.3 Å². The summed E-state index contributed by atoms with van der Waals surface area (Å²) in [4.78, 5) is 12.6. The summed E-state index contributed by atoms with van der Waals surface area (Å²) in [6.07, 6.45) is 2.77. The zero-order chi connectivity index (χ0) is 8.27. The highest BCUT2D eigenvalue weighted by atomic mass is 16.3. The Labute approximate surface area is 66.0 Å². The third-order valence-corrected chi connectivity index (χ3v) is 1.88. The second kappa shape index (κ2) is 3.69. The number of aliphatic hydroxyl groups is 1. The summed E-state index contributed by atoms with van der Waals surface area (Å²) in [7, 11) is 0. The van der Waals surface area contributed by atoms with Crippen LogP contribution in [0, 0.1) is 6.42 Å². The third-order valence-electron chi connectivity index (χ3n) is 1.88. The number of nitrogens with zero attached hydrogens (tertiary/aromatic N) is 1. The smallest absolute Gasteiger partial charge is 0.235 e. The van der Waals surface area contributed by atoms with Crippen molar-refractivity contribution in [3.8, 4) is 0 Å². The minimum atomic E-state index is -0.323. The number of aliphatic hydroxyl groups excluding tert-OH is 1. The number of amides is 1. The van der Waals surface area contributed by atoms with Gasteiger partial charge in [0.1, 0.15) is 0 Å². The average Bonchev–Trinajstić information content (AvgIpc) is 2.36. The number of carbonyl (C=O) groups is 1. The molecule has 4 nitrogen and oxygen atoms in total. The highest BCUT2D eigenvalue weighted by Crippen LogP contribution is 2.14. The molecule has 0 saturated carbocycles. The second-order valence-electron chi connectivity index (χ2n) is 2.63. The average molecular weight is 157 g/mol. The van der Waals surface area contributed by atoms with E-state index in [4.69, 9.17) is 10.8 Å². The first-order valence-electron chi connectivity index (χ1n) is 3.73. The summed E-state index contributed by atoms with van der Waals surface area (Å²) in [6.45, 7) is 1.44. The summed E-state index contributed by atoms with van der Waals surface area (Å²) in [5.41, 5.74) is 5.12. The van der Waals surface area contributed by atoms with Crippen LogP contribution in [0.4, 0.5) is 0 Å². The van der Waals surface area contributed by atoms with E-state index in [0.29, 0.717) is 6.54 Å². The first kappa shape index (κ1) is 8.49. The lowest BCUT2D eigenvalue weighted by atomic mass is 10.2. The summed E-state index contributed by atoms with van der Waals surface area (Å²) < 4.78 is 0. The summed E-state index contributed by atoms with van der Waals surface area (Å²) >= 11 is 0. The van der Waals surface area contributed by atoms with Crippen molar-refractivity contribution in [1.82, 2.24) is 4.90 Å². The van der Waals surface area contributed by atoms with Crippen LogP contribution in [0.5, 0.6) is 0 Å². The molecule has 0 bridgehead atoms. The number of likely N-dealkylation sites (tertiary alicyclic amines) is 1. The molecule has 0 aromatic heterocycles. The lowest BCUT2D eigenvalue weighted by Crippen LogP contribution is -2.41. The van der Waals surface area contributed by atoms with Crippen LogP contribution in [0.15, 0.2) is 0 Å². The van der Waals surface area contributed by atoms with Crippen LogP contribution in [0.3, 0.4) is 0 Å². The molecule has 1 radical (unpaired) electrons. The topological polar surface area (TPSA) is 66.6 Å². The molecule has 0 aliphatic carbocycles. The maximum absolute atomic E-state index is 10.8. The first-order valence-corrected chi connectivity index (χ1v) is 3.73. The largest absolute Gasteiger partial charge is 0.395 e. The molecule has 3 N–H and O–H groups in total. The van der Waals surface area contributed by atoms with Crippen molar-refractivity contribution in [3.05, 3.63) is 6.42 Å². The van der Waals surface area contributed by atoms with Crippen molar-refractivity contribution >= 4 is 5.91 Å². The van der Waals surface area contributed by atoms with Crippen molar-refractivity contribution in [1.29, 1.82) is 0 Å². The molecule has 4 heteroatoms. The Morgan fingerprint density at radius 2 is 2.55 bits per heavy atom. The van der Waals surface area contributed by atoms with Crippen LogP contribution in [-0.4, -0.2) is 41.7 Å². The van der Waals surface area contributed by atoms with Crippen molar-refractivity contribution < 1.29 is 9.90 Å². The van der Waals surface area contributed by atoms with Crippen LogP contribution in [0.2, 0.25) is 0 Å². The van der Waals surface area contributed by atoms with Gasteiger partial charge in [0.2, 0.25) is 5.91 Å². The number of carbonyl (C=O) groups excluding carboxylic acids is 1. The highest BCUT2D eigenvalue weighted by Gasteiger charge is 2.28. The van der Waals surface area contributed by atoms with E-state index >= 15 is 0 Å². The molecule has 0 aromatic carbocycles. The Kier molecular flexibility index (Phi) is 2.84. The Bertz CT molecular complexity index is 149. The molecular formula is C7H13N2O2. The van der Waals surface area contributed by atoms with Crippen molar-refractivity contribution in [2.45, 2.75) is 12.5 Å².